The van der Waals surface area contributed by atoms with Crippen LogP contribution in [-0.4, -0.2) is 23.5 Å². The number of rotatable bonds is 6. The minimum atomic E-state index is -0.349. The smallest absolute Gasteiger partial charge is 0.306 e. The fraction of sp³-hybridized carbons (Fsp3) is 0.462. The van der Waals surface area contributed by atoms with Gasteiger partial charge in [0.15, 0.2) is 0 Å². The summed E-state index contributed by atoms with van der Waals surface area (Å²) in [7, 11) is 0. The van der Waals surface area contributed by atoms with Crippen molar-refractivity contribution < 1.29 is 14.3 Å². The number of aromatic nitrogens is 1. The maximum Gasteiger partial charge on any atom is 0.306 e. The Kier molecular flexibility index (Phi) is 5.84. The molecule has 0 saturated heterocycles. The highest BCUT2D eigenvalue weighted by molar-refractivity contribution is 5.81. The zero-order valence-corrected chi connectivity index (χ0v) is 10.7. The van der Waals surface area contributed by atoms with Crippen molar-refractivity contribution in [3.05, 3.63) is 30.1 Å². The number of esters is 1. The molecule has 1 N–H and O–H groups in total. The van der Waals surface area contributed by atoms with Gasteiger partial charge in [0.25, 0.3) is 0 Å². The van der Waals surface area contributed by atoms with Crippen LogP contribution in [0.2, 0.25) is 0 Å². The molecular formula is C13H18N2O3. The van der Waals surface area contributed by atoms with Gasteiger partial charge < -0.3 is 10.1 Å². The van der Waals surface area contributed by atoms with Crippen LogP contribution in [0.25, 0.3) is 0 Å². The number of nitrogens with one attached hydrogen (secondary N) is 1. The predicted octanol–water partition coefficient (Wildman–Crippen LogP) is 1.60. The minimum Gasteiger partial charge on any atom is -0.466 e. The Hall–Kier alpha value is -1.91. The first kappa shape index (κ1) is 14.2. The third kappa shape index (κ3) is 4.95. The van der Waals surface area contributed by atoms with Crippen LogP contribution in [0.3, 0.4) is 0 Å². The maximum atomic E-state index is 11.6. The van der Waals surface area contributed by atoms with E-state index < -0.39 is 0 Å². The summed E-state index contributed by atoms with van der Waals surface area (Å²) in [6.07, 6.45) is 1.92. The average Bonchev–Trinajstić information content (AvgIpc) is 2.38. The van der Waals surface area contributed by atoms with Gasteiger partial charge >= 0.3 is 5.97 Å². The van der Waals surface area contributed by atoms with Crippen LogP contribution < -0.4 is 5.32 Å². The van der Waals surface area contributed by atoms with Crippen LogP contribution in [0.5, 0.6) is 0 Å². The van der Waals surface area contributed by atoms with Crippen molar-refractivity contribution in [1.29, 1.82) is 0 Å². The summed E-state index contributed by atoms with van der Waals surface area (Å²) in [5.41, 5.74) is 0.794. The second kappa shape index (κ2) is 7.42. The Morgan fingerprint density at radius 1 is 1.39 bits per heavy atom. The lowest BCUT2D eigenvalue weighted by Gasteiger charge is -2.12. The highest BCUT2D eigenvalue weighted by Crippen LogP contribution is 2.08. The van der Waals surface area contributed by atoms with Crippen molar-refractivity contribution in [2.45, 2.75) is 32.7 Å². The quantitative estimate of drug-likeness (QED) is 0.779. The lowest BCUT2D eigenvalue weighted by atomic mass is 10.2. The van der Waals surface area contributed by atoms with Gasteiger partial charge in [-0.15, -0.1) is 0 Å². The van der Waals surface area contributed by atoms with Crippen molar-refractivity contribution in [3.8, 4) is 0 Å². The number of nitrogens with zero attached hydrogens (tertiary/aromatic N) is 1. The SMILES string of the molecule is CCOC(=O)CCC(=O)N[C@H](C)c1ccccn1. The normalized spacial score (nSPS) is 11.7. The van der Waals surface area contributed by atoms with Gasteiger partial charge in [0.05, 0.1) is 24.8 Å². The summed E-state index contributed by atoms with van der Waals surface area (Å²) < 4.78 is 4.75. The van der Waals surface area contributed by atoms with Gasteiger partial charge in [-0.25, -0.2) is 0 Å². The van der Waals surface area contributed by atoms with Gasteiger partial charge in [0.1, 0.15) is 0 Å². The van der Waals surface area contributed by atoms with Crippen LogP contribution in [-0.2, 0) is 14.3 Å². The van der Waals surface area contributed by atoms with Gasteiger partial charge in [0, 0.05) is 12.6 Å². The summed E-state index contributed by atoms with van der Waals surface area (Å²) >= 11 is 0. The molecule has 1 rings (SSSR count). The molecular weight excluding hydrogens is 232 g/mol. The first-order valence-corrected chi connectivity index (χ1v) is 5.99. The van der Waals surface area contributed by atoms with Crippen LogP contribution >= 0.6 is 0 Å². The molecule has 1 heterocycles. The Balaban J connectivity index is 2.34. The van der Waals surface area contributed by atoms with Crippen molar-refractivity contribution in [1.82, 2.24) is 10.3 Å². The monoisotopic (exact) mass is 250 g/mol. The largest absolute Gasteiger partial charge is 0.466 e. The summed E-state index contributed by atoms with van der Waals surface area (Å²) in [5, 5.41) is 2.78. The number of hydrogen-bond acceptors (Lipinski definition) is 4. The zero-order valence-electron chi connectivity index (χ0n) is 10.7. The molecule has 18 heavy (non-hydrogen) atoms. The molecule has 0 unspecified atom stereocenters. The lowest BCUT2D eigenvalue weighted by Crippen LogP contribution is -2.27. The van der Waals surface area contributed by atoms with Crippen LogP contribution in [0.4, 0.5) is 0 Å². The van der Waals surface area contributed by atoms with Gasteiger partial charge in [-0.1, -0.05) is 6.07 Å². The number of ether oxygens (including phenoxy) is 1. The first-order valence-electron chi connectivity index (χ1n) is 5.99. The van der Waals surface area contributed by atoms with Gasteiger partial charge in [-0.05, 0) is 26.0 Å². The molecule has 0 saturated carbocycles. The van der Waals surface area contributed by atoms with E-state index in [1.54, 1.807) is 13.1 Å². The third-order valence-corrected chi connectivity index (χ3v) is 2.37. The molecule has 5 nitrogen and oxygen atoms in total. The lowest BCUT2D eigenvalue weighted by molar-refractivity contribution is -0.144. The second-order valence-electron chi connectivity index (χ2n) is 3.85. The molecule has 0 bridgehead atoms. The maximum absolute atomic E-state index is 11.6. The molecule has 0 fully saturated rings. The number of carbonyl (C=O) groups is 2. The first-order chi connectivity index (χ1) is 8.63. The van der Waals surface area contributed by atoms with Crippen molar-refractivity contribution in [2.24, 2.45) is 0 Å². The Labute approximate surface area is 107 Å². The van der Waals surface area contributed by atoms with E-state index in [1.165, 1.54) is 0 Å². The highest BCUT2D eigenvalue weighted by atomic mass is 16.5. The van der Waals surface area contributed by atoms with E-state index in [2.05, 4.69) is 10.3 Å². The van der Waals surface area contributed by atoms with E-state index in [9.17, 15) is 9.59 Å². The fourth-order valence-electron chi connectivity index (χ4n) is 1.47. The standard InChI is InChI=1S/C13H18N2O3/c1-3-18-13(17)8-7-12(16)15-10(2)11-6-4-5-9-14-11/h4-6,9-10H,3,7-8H2,1-2H3,(H,15,16)/t10-/m1/s1. The van der Waals surface area contributed by atoms with Gasteiger partial charge in [0.2, 0.25) is 5.91 Å². The summed E-state index contributed by atoms with van der Waals surface area (Å²) in [4.78, 5) is 26.8. The molecule has 0 aromatic carbocycles. The minimum absolute atomic E-state index is 0.106. The van der Waals surface area contributed by atoms with Crippen molar-refractivity contribution >= 4 is 11.9 Å². The zero-order chi connectivity index (χ0) is 13.4. The van der Waals surface area contributed by atoms with E-state index in [0.29, 0.717) is 6.61 Å². The van der Waals surface area contributed by atoms with E-state index >= 15 is 0 Å². The summed E-state index contributed by atoms with van der Waals surface area (Å²) in [5.74, 6) is -0.528. The molecule has 0 radical (unpaired) electrons. The Bertz CT molecular complexity index is 392. The number of hydrogen-bond donors (Lipinski definition) is 1. The number of pyridine rings is 1. The molecule has 0 aliphatic heterocycles. The number of amides is 1. The van der Waals surface area contributed by atoms with E-state index in [1.807, 2.05) is 25.1 Å². The van der Waals surface area contributed by atoms with Crippen molar-refractivity contribution in [3.63, 3.8) is 0 Å². The predicted molar refractivity (Wildman–Crippen MR) is 66.7 cm³/mol. The third-order valence-electron chi connectivity index (χ3n) is 2.37. The van der Waals surface area contributed by atoms with E-state index in [0.717, 1.165) is 5.69 Å². The van der Waals surface area contributed by atoms with Crippen molar-refractivity contribution in [2.75, 3.05) is 6.61 Å². The van der Waals surface area contributed by atoms with E-state index in [4.69, 9.17) is 4.74 Å². The topological polar surface area (TPSA) is 68.3 Å². The molecule has 98 valence electrons. The highest BCUT2D eigenvalue weighted by Gasteiger charge is 2.12. The summed E-state index contributed by atoms with van der Waals surface area (Å²) in [6, 6.07) is 5.36. The summed E-state index contributed by atoms with van der Waals surface area (Å²) in [6.45, 7) is 3.93. The Morgan fingerprint density at radius 3 is 2.78 bits per heavy atom. The van der Waals surface area contributed by atoms with Crippen LogP contribution in [0.15, 0.2) is 24.4 Å². The molecule has 1 amide bonds. The van der Waals surface area contributed by atoms with E-state index in [-0.39, 0.29) is 30.8 Å². The fourth-order valence-corrected chi connectivity index (χ4v) is 1.47. The van der Waals surface area contributed by atoms with Gasteiger partial charge in [-0.3, -0.25) is 14.6 Å². The van der Waals surface area contributed by atoms with Crippen LogP contribution in [0, 0.1) is 0 Å². The molecule has 0 spiro atoms. The number of carbonyl (C=O) groups excluding carboxylic acids is 2. The molecule has 1 aromatic rings. The Morgan fingerprint density at radius 2 is 2.17 bits per heavy atom. The molecule has 0 aliphatic carbocycles. The molecule has 0 aliphatic rings. The van der Waals surface area contributed by atoms with Gasteiger partial charge in [-0.2, -0.15) is 0 Å². The molecule has 1 aromatic heterocycles. The second-order valence-corrected chi connectivity index (χ2v) is 3.85. The average molecular weight is 250 g/mol. The van der Waals surface area contributed by atoms with Crippen LogP contribution in [0.1, 0.15) is 38.4 Å². The molecule has 1 atom stereocenters. The molecule has 5 heteroatoms.